The van der Waals surface area contributed by atoms with Gasteiger partial charge in [-0.2, -0.15) is 0 Å². The highest BCUT2D eigenvalue weighted by atomic mass is 16.6. The van der Waals surface area contributed by atoms with Crippen LogP contribution in [0.3, 0.4) is 0 Å². The zero-order chi connectivity index (χ0) is 19.2. The molecule has 1 aliphatic rings. The molecule has 1 amide bonds. The van der Waals surface area contributed by atoms with Gasteiger partial charge in [-0.15, -0.1) is 0 Å². The van der Waals surface area contributed by atoms with Crippen molar-refractivity contribution >= 4 is 17.3 Å². The van der Waals surface area contributed by atoms with Crippen molar-refractivity contribution in [3.05, 3.63) is 69.8 Å². The van der Waals surface area contributed by atoms with Crippen LogP contribution >= 0.6 is 0 Å². The lowest BCUT2D eigenvalue weighted by molar-refractivity contribution is -0.385. The maximum absolute atomic E-state index is 12.5. The van der Waals surface area contributed by atoms with Crippen molar-refractivity contribution in [3.63, 3.8) is 0 Å². The lowest BCUT2D eigenvalue weighted by Crippen LogP contribution is -2.36. The number of carbonyl (C=O) groups excluding carboxylic acids is 1. The number of anilines is 1. The summed E-state index contributed by atoms with van der Waals surface area (Å²) in [5.74, 6) is -0.151. The maximum Gasteiger partial charge on any atom is 0.273 e. The molecule has 1 heterocycles. The molecule has 1 fully saturated rings. The van der Waals surface area contributed by atoms with E-state index in [2.05, 4.69) is 17.0 Å². The fourth-order valence-electron chi connectivity index (χ4n) is 3.13. The molecule has 0 aliphatic carbocycles. The number of morpholine rings is 1. The monoisotopic (exact) mass is 369 g/mol. The predicted molar refractivity (Wildman–Crippen MR) is 103 cm³/mol. The molecule has 0 spiro atoms. The van der Waals surface area contributed by atoms with Crippen molar-refractivity contribution in [3.8, 4) is 0 Å². The number of nitrogens with zero attached hydrogens (tertiary/aromatic N) is 3. The number of rotatable bonds is 6. The molecule has 7 nitrogen and oxygen atoms in total. The summed E-state index contributed by atoms with van der Waals surface area (Å²) in [5, 5.41) is 11.1. The Bertz CT molecular complexity index is 801. The Morgan fingerprint density at radius 3 is 2.48 bits per heavy atom. The summed E-state index contributed by atoms with van der Waals surface area (Å²) in [7, 11) is 1.72. The van der Waals surface area contributed by atoms with E-state index in [0.717, 1.165) is 37.6 Å². The topological polar surface area (TPSA) is 75.9 Å². The summed E-state index contributed by atoms with van der Waals surface area (Å²) in [6, 6.07) is 14.5. The van der Waals surface area contributed by atoms with Crippen molar-refractivity contribution < 1.29 is 14.5 Å². The lowest BCUT2D eigenvalue weighted by atomic mass is 10.1. The van der Waals surface area contributed by atoms with E-state index in [9.17, 15) is 14.9 Å². The Morgan fingerprint density at radius 1 is 1.15 bits per heavy atom. The van der Waals surface area contributed by atoms with Crippen molar-refractivity contribution in [1.82, 2.24) is 4.90 Å². The van der Waals surface area contributed by atoms with Gasteiger partial charge in [-0.3, -0.25) is 14.9 Å². The Balaban J connectivity index is 1.60. The van der Waals surface area contributed by atoms with Crippen LogP contribution in [0.1, 0.15) is 11.1 Å². The first kappa shape index (κ1) is 18.8. The van der Waals surface area contributed by atoms with Crippen LogP contribution in [-0.4, -0.2) is 49.1 Å². The Morgan fingerprint density at radius 2 is 1.81 bits per heavy atom. The molecule has 0 atom stereocenters. The largest absolute Gasteiger partial charge is 0.378 e. The van der Waals surface area contributed by atoms with Crippen LogP contribution in [0, 0.1) is 10.1 Å². The van der Waals surface area contributed by atoms with Gasteiger partial charge in [-0.1, -0.05) is 30.3 Å². The molecular weight excluding hydrogens is 346 g/mol. The van der Waals surface area contributed by atoms with Gasteiger partial charge in [0.2, 0.25) is 5.91 Å². The number of likely N-dealkylation sites (N-methyl/N-ethyl adjacent to an activating group) is 1. The van der Waals surface area contributed by atoms with Crippen LogP contribution in [0.4, 0.5) is 11.4 Å². The SMILES string of the molecule is CN(Cc1ccc(N2CCOCC2)cc1)C(=O)Cc1ccccc1[N+](=O)[O-]. The molecule has 27 heavy (non-hydrogen) atoms. The minimum Gasteiger partial charge on any atom is -0.378 e. The van der Waals surface area contributed by atoms with Crippen LogP contribution < -0.4 is 4.90 Å². The van der Waals surface area contributed by atoms with Gasteiger partial charge in [0.1, 0.15) is 0 Å². The van der Waals surface area contributed by atoms with Gasteiger partial charge in [0.25, 0.3) is 5.69 Å². The van der Waals surface area contributed by atoms with Crippen molar-refractivity contribution in [2.24, 2.45) is 0 Å². The zero-order valence-electron chi connectivity index (χ0n) is 15.3. The van der Waals surface area contributed by atoms with E-state index in [0.29, 0.717) is 12.1 Å². The second kappa shape index (κ2) is 8.64. The summed E-state index contributed by atoms with van der Waals surface area (Å²) in [4.78, 5) is 27.0. The molecular formula is C20H23N3O4. The van der Waals surface area contributed by atoms with E-state index in [1.165, 1.54) is 6.07 Å². The van der Waals surface area contributed by atoms with E-state index in [4.69, 9.17) is 4.74 Å². The first-order valence-electron chi connectivity index (χ1n) is 8.92. The normalized spacial score (nSPS) is 14.0. The van der Waals surface area contributed by atoms with Crippen LogP contribution in [0.25, 0.3) is 0 Å². The molecule has 1 aliphatic heterocycles. The highest BCUT2D eigenvalue weighted by Gasteiger charge is 2.18. The molecule has 2 aromatic rings. The average molecular weight is 369 g/mol. The van der Waals surface area contributed by atoms with Gasteiger partial charge >= 0.3 is 0 Å². The van der Waals surface area contributed by atoms with Crippen molar-refractivity contribution in [2.75, 3.05) is 38.3 Å². The van der Waals surface area contributed by atoms with Gasteiger partial charge in [0.15, 0.2) is 0 Å². The molecule has 7 heteroatoms. The smallest absolute Gasteiger partial charge is 0.273 e. The number of benzene rings is 2. The van der Waals surface area contributed by atoms with Gasteiger partial charge in [0, 0.05) is 44.0 Å². The van der Waals surface area contributed by atoms with Gasteiger partial charge in [-0.05, 0) is 17.7 Å². The Hall–Kier alpha value is -2.93. The molecule has 0 N–H and O–H groups in total. The van der Waals surface area contributed by atoms with E-state index in [1.54, 1.807) is 30.1 Å². The molecule has 0 radical (unpaired) electrons. The van der Waals surface area contributed by atoms with Crippen LogP contribution in [0.15, 0.2) is 48.5 Å². The minimum atomic E-state index is -0.451. The summed E-state index contributed by atoms with van der Waals surface area (Å²) in [5.41, 5.74) is 2.58. The third kappa shape index (κ3) is 4.83. The highest BCUT2D eigenvalue weighted by molar-refractivity contribution is 5.79. The quantitative estimate of drug-likeness (QED) is 0.578. The van der Waals surface area contributed by atoms with E-state index < -0.39 is 4.92 Å². The van der Waals surface area contributed by atoms with Gasteiger partial charge in [0.05, 0.1) is 24.6 Å². The molecule has 0 unspecified atom stereocenters. The zero-order valence-corrected chi connectivity index (χ0v) is 15.3. The highest BCUT2D eigenvalue weighted by Crippen LogP contribution is 2.20. The van der Waals surface area contributed by atoms with Crippen LogP contribution in [0.5, 0.6) is 0 Å². The molecule has 3 rings (SSSR count). The number of carbonyl (C=O) groups is 1. The molecule has 0 bridgehead atoms. The molecule has 1 saturated heterocycles. The van der Waals surface area contributed by atoms with E-state index in [-0.39, 0.29) is 18.0 Å². The number of amides is 1. The maximum atomic E-state index is 12.5. The number of para-hydroxylation sites is 1. The average Bonchev–Trinajstić information content (AvgIpc) is 2.69. The standard InChI is InChI=1S/C20H23N3O4/c1-21(20(24)14-17-4-2-3-5-19(17)23(25)26)15-16-6-8-18(9-7-16)22-10-12-27-13-11-22/h2-9H,10-15H2,1H3. The third-order valence-corrected chi connectivity index (χ3v) is 4.69. The predicted octanol–water partition coefficient (Wildman–Crippen LogP) is 2.63. The van der Waals surface area contributed by atoms with Crippen molar-refractivity contribution in [2.45, 2.75) is 13.0 Å². The number of nitro benzene ring substituents is 1. The fraction of sp³-hybridized carbons (Fsp3) is 0.350. The number of hydrogen-bond acceptors (Lipinski definition) is 5. The van der Waals surface area contributed by atoms with E-state index >= 15 is 0 Å². The Labute approximate surface area is 158 Å². The molecule has 0 aromatic heterocycles. The summed E-state index contributed by atoms with van der Waals surface area (Å²) < 4.78 is 5.37. The second-order valence-corrected chi connectivity index (χ2v) is 6.58. The lowest BCUT2D eigenvalue weighted by Gasteiger charge is -2.29. The first-order chi connectivity index (χ1) is 13.0. The van der Waals surface area contributed by atoms with Crippen LogP contribution in [-0.2, 0) is 22.5 Å². The second-order valence-electron chi connectivity index (χ2n) is 6.58. The number of nitro groups is 1. The fourth-order valence-corrected chi connectivity index (χ4v) is 3.13. The molecule has 142 valence electrons. The molecule has 2 aromatic carbocycles. The summed E-state index contributed by atoms with van der Waals surface area (Å²) in [6.07, 6.45) is 0.0134. The third-order valence-electron chi connectivity index (χ3n) is 4.69. The summed E-state index contributed by atoms with van der Waals surface area (Å²) >= 11 is 0. The number of ether oxygens (including phenoxy) is 1. The van der Waals surface area contributed by atoms with Gasteiger partial charge in [-0.25, -0.2) is 0 Å². The van der Waals surface area contributed by atoms with Gasteiger partial charge < -0.3 is 14.5 Å². The minimum absolute atomic E-state index is 0.0134. The number of hydrogen-bond donors (Lipinski definition) is 0. The summed E-state index contributed by atoms with van der Waals surface area (Å²) in [6.45, 7) is 3.71. The first-order valence-corrected chi connectivity index (χ1v) is 8.92. The molecule has 0 saturated carbocycles. The van der Waals surface area contributed by atoms with Crippen LogP contribution in [0.2, 0.25) is 0 Å². The Kier molecular flexibility index (Phi) is 6.03. The van der Waals surface area contributed by atoms with Crippen molar-refractivity contribution in [1.29, 1.82) is 0 Å². The van der Waals surface area contributed by atoms with E-state index in [1.807, 2.05) is 12.1 Å².